The highest BCUT2D eigenvalue weighted by Crippen LogP contribution is 2.30. The minimum absolute atomic E-state index is 0.686. The maximum Gasteiger partial charge on any atom is 0.0480 e. The summed E-state index contributed by atoms with van der Waals surface area (Å²) in [6.07, 6.45) is 7.34. The molecule has 0 saturated heterocycles. The van der Waals surface area contributed by atoms with Gasteiger partial charge in [0, 0.05) is 22.4 Å². The lowest BCUT2D eigenvalue weighted by Crippen LogP contribution is -2.14. The van der Waals surface area contributed by atoms with Gasteiger partial charge in [-0.3, -0.25) is 0 Å². The lowest BCUT2D eigenvalue weighted by atomic mass is 10.2. The van der Waals surface area contributed by atoms with Gasteiger partial charge in [0.25, 0.3) is 0 Å². The Morgan fingerprint density at radius 3 is 2.81 bits per heavy atom. The van der Waals surface area contributed by atoms with Crippen molar-refractivity contribution in [2.75, 3.05) is 11.1 Å². The summed E-state index contributed by atoms with van der Waals surface area (Å²) in [5, 5.41) is 3.66. The monoisotopic (exact) mass is 233 g/mol. The molecular formula is C14H19NS. The summed E-state index contributed by atoms with van der Waals surface area (Å²) in [4.78, 5) is 1.34. The van der Waals surface area contributed by atoms with E-state index in [2.05, 4.69) is 36.2 Å². The second kappa shape index (κ2) is 6.00. The number of para-hydroxylation sites is 1. The van der Waals surface area contributed by atoms with Crippen LogP contribution in [0.4, 0.5) is 5.69 Å². The highest BCUT2D eigenvalue weighted by molar-refractivity contribution is 7.99. The molecule has 1 aromatic carbocycles. The Morgan fingerprint density at radius 2 is 2.06 bits per heavy atom. The van der Waals surface area contributed by atoms with Crippen molar-refractivity contribution in [1.29, 1.82) is 0 Å². The molecule has 0 radical (unpaired) electrons. The molecule has 0 atom stereocenters. The van der Waals surface area contributed by atoms with Crippen molar-refractivity contribution in [3.8, 4) is 0 Å². The Kier molecular flexibility index (Phi) is 4.34. The summed E-state index contributed by atoms with van der Waals surface area (Å²) < 4.78 is 0. The van der Waals surface area contributed by atoms with Gasteiger partial charge < -0.3 is 5.32 Å². The van der Waals surface area contributed by atoms with Crippen LogP contribution in [0.1, 0.15) is 25.7 Å². The van der Waals surface area contributed by atoms with Crippen LogP contribution in [-0.2, 0) is 0 Å². The predicted octanol–water partition coefficient (Wildman–Crippen LogP) is 4.32. The number of hydrogen-bond donors (Lipinski definition) is 1. The number of rotatable bonds is 5. The highest BCUT2D eigenvalue weighted by atomic mass is 32.2. The third-order valence-electron chi connectivity index (χ3n) is 2.96. The van der Waals surface area contributed by atoms with Gasteiger partial charge in [0.05, 0.1) is 0 Å². The van der Waals surface area contributed by atoms with E-state index < -0.39 is 0 Å². The molecule has 1 aliphatic rings. The molecule has 2 rings (SSSR count). The van der Waals surface area contributed by atoms with Crippen LogP contribution in [0.2, 0.25) is 0 Å². The third-order valence-corrected chi connectivity index (χ3v) is 4.03. The van der Waals surface area contributed by atoms with Crippen molar-refractivity contribution < 1.29 is 0 Å². The highest BCUT2D eigenvalue weighted by Gasteiger charge is 2.15. The van der Waals surface area contributed by atoms with Gasteiger partial charge >= 0.3 is 0 Å². The first-order valence-corrected chi connectivity index (χ1v) is 6.98. The van der Waals surface area contributed by atoms with Crippen LogP contribution in [-0.4, -0.2) is 11.8 Å². The van der Waals surface area contributed by atoms with Gasteiger partial charge in [0.15, 0.2) is 0 Å². The van der Waals surface area contributed by atoms with E-state index in [1.54, 1.807) is 0 Å². The van der Waals surface area contributed by atoms with E-state index in [4.69, 9.17) is 0 Å². The van der Waals surface area contributed by atoms with E-state index in [1.807, 2.05) is 17.8 Å². The number of hydrogen-bond acceptors (Lipinski definition) is 2. The molecule has 1 N–H and O–H groups in total. The van der Waals surface area contributed by atoms with E-state index >= 15 is 0 Å². The van der Waals surface area contributed by atoms with E-state index in [1.165, 1.54) is 36.3 Å². The van der Waals surface area contributed by atoms with Crippen molar-refractivity contribution >= 4 is 17.4 Å². The first-order chi connectivity index (χ1) is 7.90. The fraction of sp³-hybridized carbons (Fsp3) is 0.429. The standard InChI is InChI=1S/C14H19NS/c1-2-11-16-14-10-6-5-9-13(14)15-12-7-3-4-8-12/h2,5-6,9-10,12,15H,1,3-4,7-8,11H2. The fourth-order valence-corrected chi connectivity index (χ4v) is 2.91. The minimum atomic E-state index is 0.686. The molecule has 1 aromatic rings. The third kappa shape index (κ3) is 3.05. The summed E-state index contributed by atoms with van der Waals surface area (Å²) in [7, 11) is 0. The summed E-state index contributed by atoms with van der Waals surface area (Å²) in [5.41, 5.74) is 1.29. The van der Waals surface area contributed by atoms with Crippen LogP contribution in [0, 0.1) is 0 Å². The van der Waals surface area contributed by atoms with Crippen LogP contribution in [0.3, 0.4) is 0 Å². The van der Waals surface area contributed by atoms with Crippen molar-refractivity contribution in [1.82, 2.24) is 0 Å². The van der Waals surface area contributed by atoms with E-state index in [0.29, 0.717) is 6.04 Å². The van der Waals surface area contributed by atoms with Gasteiger partial charge in [0.2, 0.25) is 0 Å². The SMILES string of the molecule is C=CCSc1ccccc1NC1CCCC1. The summed E-state index contributed by atoms with van der Waals surface area (Å²) in [6.45, 7) is 3.77. The van der Waals surface area contributed by atoms with Crippen LogP contribution in [0.25, 0.3) is 0 Å². The second-order valence-corrected chi connectivity index (χ2v) is 5.28. The molecule has 16 heavy (non-hydrogen) atoms. The van der Waals surface area contributed by atoms with Crippen LogP contribution in [0.15, 0.2) is 41.8 Å². The van der Waals surface area contributed by atoms with Gasteiger partial charge in [-0.2, -0.15) is 0 Å². The van der Waals surface area contributed by atoms with Crippen molar-refractivity contribution in [3.63, 3.8) is 0 Å². The Labute approximate surface area is 102 Å². The quantitative estimate of drug-likeness (QED) is 0.600. The van der Waals surface area contributed by atoms with Gasteiger partial charge in [-0.25, -0.2) is 0 Å². The number of anilines is 1. The molecule has 0 amide bonds. The van der Waals surface area contributed by atoms with E-state index in [0.717, 1.165) is 5.75 Å². The molecule has 0 bridgehead atoms. The molecule has 0 unspecified atom stereocenters. The van der Waals surface area contributed by atoms with Crippen molar-refractivity contribution in [3.05, 3.63) is 36.9 Å². The van der Waals surface area contributed by atoms with Gasteiger partial charge in [-0.1, -0.05) is 31.1 Å². The Balaban J connectivity index is 2.02. The molecule has 86 valence electrons. The zero-order chi connectivity index (χ0) is 11.2. The molecule has 1 aliphatic carbocycles. The maximum atomic E-state index is 3.77. The molecule has 0 aromatic heterocycles. The van der Waals surface area contributed by atoms with Gasteiger partial charge in [0.1, 0.15) is 0 Å². The first kappa shape index (κ1) is 11.6. The average Bonchev–Trinajstić information content (AvgIpc) is 2.81. The van der Waals surface area contributed by atoms with Gasteiger partial charge in [-0.05, 0) is 25.0 Å². The predicted molar refractivity (Wildman–Crippen MR) is 73.2 cm³/mol. The molecule has 0 aliphatic heterocycles. The summed E-state index contributed by atoms with van der Waals surface area (Å²) >= 11 is 1.85. The Bertz CT molecular complexity index is 342. The maximum absolute atomic E-state index is 3.77. The summed E-state index contributed by atoms with van der Waals surface area (Å²) in [6, 6.07) is 9.26. The van der Waals surface area contributed by atoms with Crippen molar-refractivity contribution in [2.45, 2.75) is 36.6 Å². The van der Waals surface area contributed by atoms with Gasteiger partial charge in [-0.15, -0.1) is 18.3 Å². The average molecular weight is 233 g/mol. The zero-order valence-electron chi connectivity index (χ0n) is 9.61. The molecule has 0 spiro atoms. The molecular weight excluding hydrogens is 214 g/mol. The molecule has 1 saturated carbocycles. The van der Waals surface area contributed by atoms with Crippen LogP contribution < -0.4 is 5.32 Å². The van der Waals surface area contributed by atoms with E-state index in [9.17, 15) is 0 Å². The lowest BCUT2D eigenvalue weighted by molar-refractivity contribution is 0.753. The van der Waals surface area contributed by atoms with Crippen LogP contribution >= 0.6 is 11.8 Å². The smallest absolute Gasteiger partial charge is 0.0480 e. The first-order valence-electron chi connectivity index (χ1n) is 5.99. The molecule has 1 fully saturated rings. The minimum Gasteiger partial charge on any atom is -0.381 e. The Morgan fingerprint density at radius 1 is 1.31 bits per heavy atom. The topological polar surface area (TPSA) is 12.0 Å². The largest absolute Gasteiger partial charge is 0.381 e. The number of thioether (sulfide) groups is 1. The molecule has 0 heterocycles. The second-order valence-electron chi connectivity index (χ2n) is 4.22. The van der Waals surface area contributed by atoms with E-state index in [-0.39, 0.29) is 0 Å². The number of benzene rings is 1. The normalized spacial score (nSPS) is 16.2. The lowest BCUT2D eigenvalue weighted by Gasteiger charge is -2.16. The summed E-state index contributed by atoms with van der Waals surface area (Å²) in [5.74, 6) is 0.976. The zero-order valence-corrected chi connectivity index (χ0v) is 10.4. The fourth-order valence-electron chi connectivity index (χ4n) is 2.15. The van der Waals surface area contributed by atoms with Crippen LogP contribution in [0.5, 0.6) is 0 Å². The molecule has 1 nitrogen and oxygen atoms in total. The molecule has 2 heteroatoms. The Hall–Kier alpha value is -0.890. The van der Waals surface area contributed by atoms with Crippen molar-refractivity contribution in [2.24, 2.45) is 0 Å². The number of nitrogens with one attached hydrogen (secondary N) is 1.